The van der Waals surface area contributed by atoms with Gasteiger partial charge in [-0.25, -0.2) is 0 Å². The minimum Gasteiger partial charge on any atom is -0.384 e. The van der Waals surface area contributed by atoms with Crippen molar-refractivity contribution >= 4 is 5.69 Å². The third kappa shape index (κ3) is 5.21. The molecule has 108 valence electrons. The molecule has 0 aromatic heterocycles. The third-order valence-corrected chi connectivity index (χ3v) is 3.69. The highest BCUT2D eigenvalue weighted by Gasteiger charge is 2.13. The zero-order valence-electron chi connectivity index (χ0n) is 12.9. The molecule has 1 aromatic rings. The normalized spacial score (nSPS) is 12.7. The fourth-order valence-corrected chi connectivity index (χ4v) is 2.47. The van der Waals surface area contributed by atoms with E-state index in [9.17, 15) is 0 Å². The SMILES string of the molecule is CCC(CNC)N(CC)CCNc1ccccc1C. The summed E-state index contributed by atoms with van der Waals surface area (Å²) in [4.78, 5) is 2.54. The Kier molecular flexibility index (Phi) is 7.53. The van der Waals surface area contributed by atoms with Crippen LogP contribution in [-0.2, 0) is 0 Å². The van der Waals surface area contributed by atoms with Gasteiger partial charge in [0.05, 0.1) is 0 Å². The van der Waals surface area contributed by atoms with E-state index >= 15 is 0 Å². The molecular weight excluding hydrogens is 234 g/mol. The highest BCUT2D eigenvalue weighted by molar-refractivity contribution is 5.50. The summed E-state index contributed by atoms with van der Waals surface area (Å²) in [7, 11) is 2.03. The Hall–Kier alpha value is -1.06. The van der Waals surface area contributed by atoms with Crippen LogP contribution in [-0.4, -0.2) is 44.2 Å². The first-order valence-electron chi connectivity index (χ1n) is 7.41. The topological polar surface area (TPSA) is 27.3 Å². The van der Waals surface area contributed by atoms with Gasteiger partial charge in [-0.15, -0.1) is 0 Å². The molecular formula is C16H29N3. The van der Waals surface area contributed by atoms with Crippen molar-refractivity contribution in [2.75, 3.05) is 38.5 Å². The lowest BCUT2D eigenvalue weighted by Crippen LogP contribution is -2.43. The van der Waals surface area contributed by atoms with Crippen LogP contribution in [0.1, 0.15) is 25.8 Å². The first-order chi connectivity index (χ1) is 9.22. The summed E-state index contributed by atoms with van der Waals surface area (Å²) in [6, 6.07) is 9.10. The molecule has 19 heavy (non-hydrogen) atoms. The summed E-state index contributed by atoms with van der Waals surface area (Å²) in [5.74, 6) is 0. The van der Waals surface area contributed by atoms with Crippen LogP contribution >= 0.6 is 0 Å². The highest BCUT2D eigenvalue weighted by atomic mass is 15.2. The number of benzene rings is 1. The molecule has 1 unspecified atom stereocenters. The van der Waals surface area contributed by atoms with Crippen molar-refractivity contribution in [1.29, 1.82) is 0 Å². The smallest absolute Gasteiger partial charge is 0.0370 e. The maximum absolute atomic E-state index is 3.54. The summed E-state index contributed by atoms with van der Waals surface area (Å²) in [5, 5.41) is 6.83. The lowest BCUT2D eigenvalue weighted by Gasteiger charge is -2.30. The zero-order chi connectivity index (χ0) is 14.1. The molecule has 3 nitrogen and oxygen atoms in total. The Labute approximate surface area is 118 Å². The van der Waals surface area contributed by atoms with Gasteiger partial charge in [0.1, 0.15) is 0 Å². The molecule has 3 heteroatoms. The highest BCUT2D eigenvalue weighted by Crippen LogP contribution is 2.12. The minimum atomic E-state index is 0.633. The quantitative estimate of drug-likeness (QED) is 0.717. The number of nitrogens with zero attached hydrogens (tertiary/aromatic N) is 1. The molecule has 0 bridgehead atoms. The number of anilines is 1. The number of aryl methyl sites for hydroxylation is 1. The summed E-state index contributed by atoms with van der Waals surface area (Å²) >= 11 is 0. The zero-order valence-corrected chi connectivity index (χ0v) is 12.9. The van der Waals surface area contributed by atoms with Crippen molar-refractivity contribution in [3.8, 4) is 0 Å². The average Bonchev–Trinajstić information content (AvgIpc) is 2.43. The second-order valence-corrected chi connectivity index (χ2v) is 4.99. The van der Waals surface area contributed by atoms with Crippen LogP contribution in [0, 0.1) is 6.92 Å². The Morgan fingerprint density at radius 1 is 1.21 bits per heavy atom. The van der Waals surface area contributed by atoms with Gasteiger partial charge in [-0.05, 0) is 38.6 Å². The van der Waals surface area contributed by atoms with Crippen LogP contribution in [0.15, 0.2) is 24.3 Å². The van der Waals surface area contributed by atoms with E-state index in [1.165, 1.54) is 17.7 Å². The number of likely N-dealkylation sites (N-methyl/N-ethyl adjacent to an activating group) is 2. The monoisotopic (exact) mass is 263 g/mol. The van der Waals surface area contributed by atoms with E-state index in [0.29, 0.717) is 6.04 Å². The van der Waals surface area contributed by atoms with Gasteiger partial charge in [-0.1, -0.05) is 32.0 Å². The predicted octanol–water partition coefficient (Wildman–Crippen LogP) is 2.73. The lowest BCUT2D eigenvalue weighted by atomic mass is 10.2. The van der Waals surface area contributed by atoms with Gasteiger partial charge in [0.15, 0.2) is 0 Å². The molecule has 0 spiro atoms. The second kappa shape index (κ2) is 8.94. The standard InChI is InChI=1S/C16H29N3/c1-5-15(13-17-4)19(6-2)12-11-18-16-10-8-7-9-14(16)3/h7-10,15,17-18H,5-6,11-13H2,1-4H3. The van der Waals surface area contributed by atoms with Crippen LogP contribution in [0.25, 0.3) is 0 Å². The number of nitrogens with one attached hydrogen (secondary N) is 2. The molecule has 0 aliphatic carbocycles. The van der Waals surface area contributed by atoms with Crippen LogP contribution in [0.4, 0.5) is 5.69 Å². The van der Waals surface area contributed by atoms with Crippen LogP contribution < -0.4 is 10.6 Å². The van der Waals surface area contributed by atoms with E-state index < -0.39 is 0 Å². The van der Waals surface area contributed by atoms with E-state index in [1.54, 1.807) is 0 Å². The van der Waals surface area contributed by atoms with E-state index in [2.05, 4.69) is 60.6 Å². The lowest BCUT2D eigenvalue weighted by molar-refractivity contribution is 0.206. The molecule has 0 radical (unpaired) electrons. The van der Waals surface area contributed by atoms with Gasteiger partial charge < -0.3 is 10.6 Å². The van der Waals surface area contributed by atoms with Gasteiger partial charge in [-0.3, -0.25) is 4.90 Å². The molecule has 2 N–H and O–H groups in total. The van der Waals surface area contributed by atoms with Crippen molar-refractivity contribution in [1.82, 2.24) is 10.2 Å². The van der Waals surface area contributed by atoms with E-state index in [0.717, 1.165) is 26.2 Å². The largest absolute Gasteiger partial charge is 0.384 e. The summed E-state index contributed by atoms with van der Waals surface area (Å²) < 4.78 is 0. The average molecular weight is 263 g/mol. The van der Waals surface area contributed by atoms with Crippen LogP contribution in [0.2, 0.25) is 0 Å². The Morgan fingerprint density at radius 3 is 2.53 bits per heavy atom. The van der Waals surface area contributed by atoms with Crippen molar-refractivity contribution < 1.29 is 0 Å². The van der Waals surface area contributed by atoms with Gasteiger partial charge in [0.25, 0.3) is 0 Å². The molecule has 0 saturated carbocycles. The molecule has 0 saturated heterocycles. The number of rotatable bonds is 9. The fraction of sp³-hybridized carbons (Fsp3) is 0.625. The minimum absolute atomic E-state index is 0.633. The van der Waals surface area contributed by atoms with E-state index in [-0.39, 0.29) is 0 Å². The molecule has 0 amide bonds. The molecule has 1 aromatic carbocycles. The van der Waals surface area contributed by atoms with Crippen molar-refractivity contribution in [3.63, 3.8) is 0 Å². The van der Waals surface area contributed by atoms with Gasteiger partial charge in [0, 0.05) is 31.4 Å². The van der Waals surface area contributed by atoms with Crippen LogP contribution in [0.3, 0.4) is 0 Å². The molecule has 0 aliphatic rings. The van der Waals surface area contributed by atoms with Crippen LogP contribution in [0.5, 0.6) is 0 Å². The number of hydrogen-bond acceptors (Lipinski definition) is 3. The molecule has 0 heterocycles. The predicted molar refractivity (Wildman–Crippen MR) is 84.9 cm³/mol. The van der Waals surface area contributed by atoms with Gasteiger partial charge in [-0.2, -0.15) is 0 Å². The maximum Gasteiger partial charge on any atom is 0.0370 e. The van der Waals surface area contributed by atoms with E-state index in [1.807, 2.05) is 7.05 Å². The first-order valence-corrected chi connectivity index (χ1v) is 7.41. The second-order valence-electron chi connectivity index (χ2n) is 4.99. The Balaban J connectivity index is 2.43. The van der Waals surface area contributed by atoms with Crippen molar-refractivity contribution in [2.45, 2.75) is 33.2 Å². The summed E-state index contributed by atoms with van der Waals surface area (Å²) in [5.41, 5.74) is 2.56. The third-order valence-electron chi connectivity index (χ3n) is 3.69. The van der Waals surface area contributed by atoms with E-state index in [4.69, 9.17) is 0 Å². The summed E-state index contributed by atoms with van der Waals surface area (Å²) in [6.07, 6.45) is 1.19. The molecule has 1 rings (SSSR count). The molecule has 0 fully saturated rings. The van der Waals surface area contributed by atoms with Crippen molar-refractivity contribution in [2.24, 2.45) is 0 Å². The maximum atomic E-state index is 3.54. The Morgan fingerprint density at radius 2 is 1.95 bits per heavy atom. The van der Waals surface area contributed by atoms with Crippen molar-refractivity contribution in [3.05, 3.63) is 29.8 Å². The molecule has 1 atom stereocenters. The molecule has 0 aliphatic heterocycles. The summed E-state index contributed by atoms with van der Waals surface area (Å²) in [6.45, 7) is 10.9. The first kappa shape index (κ1) is 16.0. The fourth-order valence-electron chi connectivity index (χ4n) is 2.47. The Bertz CT molecular complexity index is 352. The van der Waals surface area contributed by atoms with Gasteiger partial charge in [0.2, 0.25) is 0 Å². The van der Waals surface area contributed by atoms with Gasteiger partial charge >= 0.3 is 0 Å². The number of para-hydroxylation sites is 1. The number of hydrogen-bond donors (Lipinski definition) is 2.